The molecular weight excluding hydrogens is 228 g/mol. The summed E-state index contributed by atoms with van der Waals surface area (Å²) in [5, 5.41) is 21.3. The smallest absolute Gasteiger partial charge is 0.326 e. The Hall–Kier alpha value is -2.28. The van der Waals surface area contributed by atoms with E-state index in [2.05, 4.69) is 17.5 Å². The molecule has 2 N–H and O–H groups in total. The minimum absolute atomic E-state index is 0.0453. The first-order valence-electron chi connectivity index (χ1n) is 5.91. The van der Waals surface area contributed by atoms with Gasteiger partial charge in [-0.2, -0.15) is 5.26 Å². The van der Waals surface area contributed by atoms with Crippen molar-refractivity contribution in [2.45, 2.75) is 18.4 Å². The standard InChI is InChI=1S/C14H12N2O2/c15-7-8-4-5-12-11(6-8)9-2-1-3-10(9)13(16-12)14(17)18/h1-2,4-6,9-10,13,16H,3H2,(H,17,18)/t9-,10+,13+/m0/s1. The quantitative estimate of drug-likeness (QED) is 0.737. The van der Waals surface area contributed by atoms with Crippen LogP contribution < -0.4 is 5.32 Å². The monoisotopic (exact) mass is 240 g/mol. The number of carbonyl (C=O) groups is 1. The molecule has 4 nitrogen and oxygen atoms in total. The molecule has 0 unspecified atom stereocenters. The second-order valence-electron chi connectivity index (χ2n) is 4.73. The number of aliphatic carboxylic acids is 1. The van der Waals surface area contributed by atoms with Crippen LogP contribution in [0.4, 0.5) is 5.69 Å². The molecular formula is C14H12N2O2. The minimum Gasteiger partial charge on any atom is -0.480 e. The summed E-state index contributed by atoms with van der Waals surface area (Å²) in [5.74, 6) is -0.664. The number of hydrogen-bond acceptors (Lipinski definition) is 3. The van der Waals surface area contributed by atoms with Crippen LogP contribution in [0.2, 0.25) is 0 Å². The van der Waals surface area contributed by atoms with Crippen LogP contribution in [0.25, 0.3) is 0 Å². The lowest BCUT2D eigenvalue weighted by atomic mass is 9.79. The van der Waals surface area contributed by atoms with Gasteiger partial charge in [-0.15, -0.1) is 0 Å². The van der Waals surface area contributed by atoms with E-state index >= 15 is 0 Å². The largest absolute Gasteiger partial charge is 0.480 e. The highest BCUT2D eigenvalue weighted by Gasteiger charge is 2.40. The molecule has 3 atom stereocenters. The van der Waals surface area contributed by atoms with Crippen LogP contribution in [0.15, 0.2) is 30.4 Å². The Morgan fingerprint density at radius 1 is 1.50 bits per heavy atom. The fourth-order valence-corrected chi connectivity index (χ4v) is 2.91. The Kier molecular flexibility index (Phi) is 2.34. The zero-order chi connectivity index (χ0) is 12.7. The molecule has 1 heterocycles. The number of rotatable bonds is 1. The molecule has 0 saturated carbocycles. The van der Waals surface area contributed by atoms with Crippen LogP contribution in [0.3, 0.4) is 0 Å². The fourth-order valence-electron chi connectivity index (χ4n) is 2.91. The summed E-state index contributed by atoms with van der Waals surface area (Å²) in [4.78, 5) is 11.3. The molecule has 0 spiro atoms. The van der Waals surface area contributed by atoms with Crippen molar-refractivity contribution in [3.05, 3.63) is 41.5 Å². The topological polar surface area (TPSA) is 73.1 Å². The van der Waals surface area contributed by atoms with Gasteiger partial charge in [-0.3, -0.25) is 0 Å². The van der Waals surface area contributed by atoms with E-state index in [4.69, 9.17) is 5.26 Å². The van der Waals surface area contributed by atoms with Crippen molar-refractivity contribution in [3.63, 3.8) is 0 Å². The highest BCUT2D eigenvalue weighted by molar-refractivity contribution is 5.80. The number of fused-ring (bicyclic) bond motifs is 3. The van der Waals surface area contributed by atoms with Crippen LogP contribution in [0, 0.1) is 17.2 Å². The molecule has 3 rings (SSSR count). The second-order valence-corrected chi connectivity index (χ2v) is 4.73. The van der Waals surface area contributed by atoms with Crippen LogP contribution >= 0.6 is 0 Å². The van der Waals surface area contributed by atoms with Crippen LogP contribution in [-0.2, 0) is 4.79 Å². The summed E-state index contributed by atoms with van der Waals surface area (Å²) in [6.07, 6.45) is 4.85. The van der Waals surface area contributed by atoms with Crippen molar-refractivity contribution in [2.24, 2.45) is 5.92 Å². The lowest BCUT2D eigenvalue weighted by Crippen LogP contribution is -2.41. The lowest BCUT2D eigenvalue weighted by Gasteiger charge is -2.34. The van der Waals surface area contributed by atoms with Crippen molar-refractivity contribution < 1.29 is 9.90 Å². The van der Waals surface area contributed by atoms with E-state index in [1.54, 1.807) is 12.1 Å². The molecule has 2 aliphatic rings. The normalized spacial score (nSPS) is 27.8. The predicted octanol–water partition coefficient (Wildman–Crippen LogP) is 2.10. The third kappa shape index (κ3) is 1.48. The summed E-state index contributed by atoms with van der Waals surface area (Å²) in [6.45, 7) is 0. The molecule has 0 amide bonds. The molecule has 0 saturated heterocycles. The highest BCUT2D eigenvalue weighted by atomic mass is 16.4. The average molecular weight is 240 g/mol. The third-order valence-corrected chi connectivity index (χ3v) is 3.76. The Bertz CT molecular complexity index is 586. The maximum atomic E-state index is 11.3. The average Bonchev–Trinajstić information content (AvgIpc) is 2.86. The first kappa shape index (κ1) is 10.8. The maximum Gasteiger partial charge on any atom is 0.326 e. The number of hydrogen-bond donors (Lipinski definition) is 2. The van der Waals surface area contributed by atoms with Gasteiger partial charge in [0.1, 0.15) is 6.04 Å². The van der Waals surface area contributed by atoms with E-state index in [1.165, 1.54) is 0 Å². The van der Waals surface area contributed by atoms with Gasteiger partial charge in [0.2, 0.25) is 0 Å². The number of nitrogens with one attached hydrogen (secondary N) is 1. The number of benzene rings is 1. The van der Waals surface area contributed by atoms with Crippen LogP contribution in [-0.4, -0.2) is 17.1 Å². The first-order valence-corrected chi connectivity index (χ1v) is 5.91. The summed E-state index contributed by atoms with van der Waals surface area (Å²) in [7, 11) is 0. The second kappa shape index (κ2) is 3.88. The molecule has 0 aromatic heterocycles. The van der Waals surface area contributed by atoms with Gasteiger partial charge in [-0.25, -0.2) is 4.79 Å². The molecule has 18 heavy (non-hydrogen) atoms. The number of nitriles is 1. The van der Waals surface area contributed by atoms with E-state index in [1.807, 2.05) is 12.1 Å². The number of anilines is 1. The molecule has 90 valence electrons. The van der Waals surface area contributed by atoms with E-state index in [0.29, 0.717) is 5.56 Å². The Morgan fingerprint density at radius 3 is 3.06 bits per heavy atom. The van der Waals surface area contributed by atoms with Gasteiger partial charge in [0, 0.05) is 17.5 Å². The van der Waals surface area contributed by atoms with E-state index in [-0.39, 0.29) is 11.8 Å². The third-order valence-electron chi connectivity index (χ3n) is 3.76. The number of carboxylic acid groups (broad SMARTS) is 1. The van der Waals surface area contributed by atoms with Gasteiger partial charge in [0.25, 0.3) is 0 Å². The Balaban J connectivity index is 2.09. The fraction of sp³-hybridized carbons (Fsp3) is 0.286. The van der Waals surface area contributed by atoms with Crippen LogP contribution in [0.1, 0.15) is 23.5 Å². The Morgan fingerprint density at radius 2 is 2.33 bits per heavy atom. The van der Waals surface area contributed by atoms with Gasteiger partial charge in [0.05, 0.1) is 11.6 Å². The lowest BCUT2D eigenvalue weighted by molar-refractivity contribution is -0.139. The van der Waals surface area contributed by atoms with Gasteiger partial charge in [0.15, 0.2) is 0 Å². The molecule has 1 aliphatic carbocycles. The first-order chi connectivity index (χ1) is 8.70. The molecule has 4 heteroatoms. The highest BCUT2D eigenvalue weighted by Crippen LogP contribution is 2.44. The zero-order valence-corrected chi connectivity index (χ0v) is 9.63. The summed E-state index contributed by atoms with van der Waals surface area (Å²) >= 11 is 0. The molecule has 1 aliphatic heterocycles. The van der Waals surface area contributed by atoms with Gasteiger partial charge < -0.3 is 10.4 Å². The number of nitrogens with zero attached hydrogens (tertiary/aromatic N) is 1. The van der Waals surface area contributed by atoms with Crippen molar-refractivity contribution in [1.29, 1.82) is 5.26 Å². The predicted molar refractivity (Wildman–Crippen MR) is 66.2 cm³/mol. The van der Waals surface area contributed by atoms with E-state index < -0.39 is 12.0 Å². The van der Waals surface area contributed by atoms with E-state index in [9.17, 15) is 9.90 Å². The minimum atomic E-state index is -0.816. The molecule has 0 bridgehead atoms. The van der Waals surface area contributed by atoms with E-state index in [0.717, 1.165) is 17.7 Å². The summed E-state index contributed by atoms with van der Waals surface area (Å²) in [6, 6.07) is 6.94. The van der Waals surface area contributed by atoms with Crippen molar-refractivity contribution in [3.8, 4) is 6.07 Å². The Labute approximate surface area is 105 Å². The van der Waals surface area contributed by atoms with Crippen molar-refractivity contribution in [1.82, 2.24) is 0 Å². The van der Waals surface area contributed by atoms with Crippen molar-refractivity contribution >= 4 is 11.7 Å². The number of allylic oxidation sites excluding steroid dienone is 2. The summed E-state index contributed by atoms with van der Waals surface area (Å²) < 4.78 is 0. The number of carboxylic acids is 1. The molecule has 1 aromatic rings. The van der Waals surface area contributed by atoms with Gasteiger partial charge >= 0.3 is 5.97 Å². The SMILES string of the molecule is N#Cc1ccc2c(c1)[C@H]1C=CC[C@H]1[C@H](C(=O)O)N2. The van der Waals surface area contributed by atoms with Gasteiger partial charge in [-0.05, 0) is 30.2 Å². The zero-order valence-electron chi connectivity index (χ0n) is 9.63. The maximum absolute atomic E-state index is 11.3. The molecule has 0 radical (unpaired) electrons. The molecule has 1 aromatic carbocycles. The summed E-state index contributed by atoms with van der Waals surface area (Å²) in [5.41, 5.74) is 2.47. The molecule has 0 fully saturated rings. The van der Waals surface area contributed by atoms with Crippen LogP contribution in [0.5, 0.6) is 0 Å². The van der Waals surface area contributed by atoms with Gasteiger partial charge in [-0.1, -0.05) is 12.2 Å². The van der Waals surface area contributed by atoms with Crippen molar-refractivity contribution in [2.75, 3.05) is 5.32 Å².